The number of nitrogens with two attached hydrogens (primary N) is 2. The fourth-order valence-corrected chi connectivity index (χ4v) is 1.39. The van der Waals surface area contributed by atoms with Gasteiger partial charge in [-0.2, -0.15) is 0 Å². The fourth-order valence-electron chi connectivity index (χ4n) is 1.39. The van der Waals surface area contributed by atoms with Crippen LogP contribution in [0, 0.1) is 0 Å². The summed E-state index contributed by atoms with van der Waals surface area (Å²) in [5, 5.41) is 9.60. The Labute approximate surface area is 98.4 Å². The predicted molar refractivity (Wildman–Crippen MR) is 69.2 cm³/mol. The van der Waals surface area contributed by atoms with Crippen molar-refractivity contribution in [3.05, 3.63) is 12.2 Å². The highest BCUT2D eigenvalue weighted by molar-refractivity contribution is 5.75. The third kappa shape index (κ3) is 11.0. The van der Waals surface area contributed by atoms with Gasteiger partial charge in [0.05, 0.1) is 6.10 Å². The molecule has 0 bridgehead atoms. The monoisotopic (exact) mass is 227 g/mol. The van der Waals surface area contributed by atoms with Crippen LogP contribution in [0.1, 0.15) is 45.4 Å². The topological polar surface area (TPSA) is 84.6 Å². The summed E-state index contributed by atoms with van der Waals surface area (Å²) in [5.74, 6) is 0.132. The van der Waals surface area contributed by atoms with E-state index in [9.17, 15) is 5.11 Å². The zero-order chi connectivity index (χ0) is 12.2. The SMILES string of the molecule is CCCCCC(O)CC=CCCN=C(N)N. The molecule has 0 radical (unpaired) electrons. The van der Waals surface area contributed by atoms with Gasteiger partial charge in [-0.25, -0.2) is 0 Å². The Bertz CT molecular complexity index is 210. The lowest BCUT2D eigenvalue weighted by Gasteiger charge is -2.06. The van der Waals surface area contributed by atoms with Crippen LogP contribution in [0.2, 0.25) is 0 Å². The number of aliphatic imine (C=N–C) groups is 1. The molecule has 0 saturated heterocycles. The lowest BCUT2D eigenvalue weighted by Crippen LogP contribution is -2.22. The number of hydrogen-bond donors (Lipinski definition) is 3. The van der Waals surface area contributed by atoms with Crippen LogP contribution in [0.25, 0.3) is 0 Å². The Hall–Kier alpha value is -1.03. The van der Waals surface area contributed by atoms with Crippen LogP contribution >= 0.6 is 0 Å². The van der Waals surface area contributed by atoms with Crippen LogP contribution in [0.5, 0.6) is 0 Å². The van der Waals surface area contributed by atoms with Crippen molar-refractivity contribution in [3.63, 3.8) is 0 Å². The summed E-state index contributed by atoms with van der Waals surface area (Å²) in [6.45, 7) is 2.78. The molecular weight excluding hydrogens is 202 g/mol. The average Bonchev–Trinajstić information content (AvgIpc) is 2.23. The second-order valence-corrected chi connectivity index (χ2v) is 3.95. The highest BCUT2D eigenvalue weighted by Crippen LogP contribution is 2.06. The Kier molecular flexibility index (Phi) is 9.81. The molecule has 0 aromatic heterocycles. The Balaban J connectivity index is 3.40. The minimum absolute atomic E-state index is 0.132. The molecule has 0 heterocycles. The molecule has 1 atom stereocenters. The molecule has 0 aromatic carbocycles. The van der Waals surface area contributed by atoms with Crippen molar-refractivity contribution in [2.45, 2.75) is 51.6 Å². The first-order chi connectivity index (χ1) is 7.66. The molecule has 5 N–H and O–H groups in total. The molecule has 16 heavy (non-hydrogen) atoms. The molecule has 0 aliphatic heterocycles. The summed E-state index contributed by atoms with van der Waals surface area (Å²) < 4.78 is 0. The first-order valence-corrected chi connectivity index (χ1v) is 6.05. The second-order valence-electron chi connectivity index (χ2n) is 3.95. The van der Waals surface area contributed by atoms with Crippen LogP contribution in [0.15, 0.2) is 17.1 Å². The summed E-state index contributed by atoms with van der Waals surface area (Å²) >= 11 is 0. The van der Waals surface area contributed by atoms with Gasteiger partial charge in [0.1, 0.15) is 0 Å². The number of hydrogen-bond acceptors (Lipinski definition) is 2. The summed E-state index contributed by atoms with van der Waals surface area (Å²) in [6.07, 6.45) is 9.75. The summed E-state index contributed by atoms with van der Waals surface area (Å²) in [7, 11) is 0. The van der Waals surface area contributed by atoms with Crippen molar-refractivity contribution in [1.82, 2.24) is 0 Å². The van der Waals surface area contributed by atoms with E-state index in [0.29, 0.717) is 6.54 Å². The van der Waals surface area contributed by atoms with Crippen molar-refractivity contribution in [2.75, 3.05) is 6.54 Å². The van der Waals surface area contributed by atoms with Gasteiger partial charge >= 0.3 is 0 Å². The fraction of sp³-hybridized carbons (Fsp3) is 0.750. The molecule has 0 fully saturated rings. The largest absolute Gasteiger partial charge is 0.393 e. The minimum Gasteiger partial charge on any atom is -0.393 e. The third-order valence-corrected chi connectivity index (χ3v) is 2.31. The maximum atomic E-state index is 9.60. The van der Waals surface area contributed by atoms with Crippen molar-refractivity contribution in [2.24, 2.45) is 16.5 Å². The minimum atomic E-state index is -0.203. The van der Waals surface area contributed by atoms with Crippen molar-refractivity contribution < 1.29 is 5.11 Å². The smallest absolute Gasteiger partial charge is 0.185 e. The zero-order valence-electron chi connectivity index (χ0n) is 10.2. The predicted octanol–water partition coefficient (Wildman–Crippen LogP) is 1.54. The number of rotatable bonds is 9. The van der Waals surface area contributed by atoms with Crippen LogP contribution in [0.3, 0.4) is 0 Å². The number of unbranched alkanes of at least 4 members (excludes halogenated alkanes) is 2. The molecule has 0 aromatic rings. The van der Waals surface area contributed by atoms with Crippen LogP contribution in [-0.2, 0) is 0 Å². The van der Waals surface area contributed by atoms with Gasteiger partial charge in [-0.3, -0.25) is 4.99 Å². The van der Waals surface area contributed by atoms with Crippen LogP contribution in [0.4, 0.5) is 0 Å². The van der Waals surface area contributed by atoms with E-state index in [2.05, 4.69) is 11.9 Å². The van der Waals surface area contributed by atoms with Crippen molar-refractivity contribution in [3.8, 4) is 0 Å². The maximum Gasteiger partial charge on any atom is 0.185 e. The van der Waals surface area contributed by atoms with E-state index in [1.165, 1.54) is 12.8 Å². The highest BCUT2D eigenvalue weighted by Gasteiger charge is 1.99. The molecule has 0 saturated carbocycles. The van der Waals surface area contributed by atoms with Crippen LogP contribution < -0.4 is 11.5 Å². The van der Waals surface area contributed by atoms with Gasteiger partial charge in [-0.15, -0.1) is 0 Å². The molecule has 0 aliphatic carbocycles. The molecule has 0 spiro atoms. The number of guanidine groups is 1. The van der Waals surface area contributed by atoms with E-state index in [4.69, 9.17) is 11.5 Å². The number of aliphatic hydroxyl groups excluding tert-OH is 1. The molecule has 0 aliphatic rings. The molecule has 4 nitrogen and oxygen atoms in total. The first-order valence-electron chi connectivity index (χ1n) is 6.05. The van der Waals surface area contributed by atoms with Gasteiger partial charge in [-0.05, 0) is 19.3 Å². The van der Waals surface area contributed by atoms with Gasteiger partial charge < -0.3 is 16.6 Å². The standard InChI is InChI=1S/C12H25N3O/c1-2-3-5-8-11(16)9-6-4-7-10-15-12(13)14/h4,6,11,16H,2-3,5,7-10H2,1H3,(H4,13,14,15). The molecule has 0 amide bonds. The highest BCUT2D eigenvalue weighted by atomic mass is 16.3. The summed E-state index contributed by atoms with van der Waals surface area (Å²) in [4.78, 5) is 3.86. The molecule has 0 rings (SSSR count). The molecule has 4 heteroatoms. The van der Waals surface area contributed by atoms with E-state index in [1.807, 2.05) is 12.2 Å². The quantitative estimate of drug-likeness (QED) is 0.242. The average molecular weight is 227 g/mol. The molecular formula is C12H25N3O. The molecule has 1 unspecified atom stereocenters. The summed E-state index contributed by atoms with van der Waals surface area (Å²) in [6, 6.07) is 0. The van der Waals surface area contributed by atoms with E-state index in [1.54, 1.807) is 0 Å². The van der Waals surface area contributed by atoms with E-state index >= 15 is 0 Å². The lowest BCUT2D eigenvalue weighted by atomic mass is 10.1. The molecule has 94 valence electrons. The summed E-state index contributed by atoms with van der Waals surface area (Å²) in [5.41, 5.74) is 10.4. The lowest BCUT2D eigenvalue weighted by molar-refractivity contribution is 0.164. The zero-order valence-corrected chi connectivity index (χ0v) is 10.2. The van der Waals surface area contributed by atoms with Crippen molar-refractivity contribution in [1.29, 1.82) is 0 Å². The van der Waals surface area contributed by atoms with Gasteiger partial charge in [-0.1, -0.05) is 38.3 Å². The Morgan fingerprint density at radius 2 is 2.06 bits per heavy atom. The van der Waals surface area contributed by atoms with E-state index in [0.717, 1.165) is 25.7 Å². The third-order valence-electron chi connectivity index (χ3n) is 2.31. The van der Waals surface area contributed by atoms with Gasteiger partial charge in [0.15, 0.2) is 5.96 Å². The van der Waals surface area contributed by atoms with E-state index in [-0.39, 0.29) is 12.1 Å². The van der Waals surface area contributed by atoms with Gasteiger partial charge in [0, 0.05) is 6.54 Å². The second kappa shape index (κ2) is 10.5. The Morgan fingerprint density at radius 1 is 1.31 bits per heavy atom. The Morgan fingerprint density at radius 3 is 2.69 bits per heavy atom. The number of nitrogens with zero attached hydrogens (tertiary/aromatic N) is 1. The maximum absolute atomic E-state index is 9.60. The number of aliphatic hydroxyl groups is 1. The van der Waals surface area contributed by atoms with Crippen molar-refractivity contribution >= 4 is 5.96 Å². The van der Waals surface area contributed by atoms with E-state index < -0.39 is 0 Å². The first kappa shape index (κ1) is 15.0. The van der Waals surface area contributed by atoms with Gasteiger partial charge in [0.2, 0.25) is 0 Å². The van der Waals surface area contributed by atoms with Crippen LogP contribution in [-0.4, -0.2) is 23.7 Å². The van der Waals surface area contributed by atoms with Gasteiger partial charge in [0.25, 0.3) is 0 Å². The normalized spacial score (nSPS) is 12.9.